The molecule has 1 saturated heterocycles. The van der Waals surface area contributed by atoms with Crippen LogP contribution in [0.15, 0.2) is 0 Å². The summed E-state index contributed by atoms with van der Waals surface area (Å²) in [6.07, 6.45) is 0. The molecule has 2 unspecified atom stereocenters. The van der Waals surface area contributed by atoms with Crippen molar-refractivity contribution in [3.05, 3.63) is 0 Å². The van der Waals surface area contributed by atoms with Gasteiger partial charge in [0.05, 0.1) is 18.5 Å². The average molecular weight is 242 g/mol. The van der Waals surface area contributed by atoms with Crippen LogP contribution in [0.3, 0.4) is 0 Å². The molecular weight excluding hydrogens is 226 g/mol. The highest BCUT2D eigenvalue weighted by atomic mass is 35.5. The molecule has 1 aliphatic rings. The maximum Gasteiger partial charge on any atom is 0.218 e. The van der Waals surface area contributed by atoms with Gasteiger partial charge in [0.25, 0.3) is 0 Å². The zero-order valence-electron chi connectivity index (χ0n) is 8.44. The minimum absolute atomic E-state index is 0.0839. The molecule has 2 atom stereocenters. The Hall–Kier alpha value is 0.160. The molecule has 84 valence electrons. The largest absolute Gasteiger partial charge is 0.378 e. The maximum absolute atomic E-state index is 11.9. The monoisotopic (exact) mass is 241 g/mol. The van der Waals surface area contributed by atoms with E-state index in [0.29, 0.717) is 19.8 Å². The van der Waals surface area contributed by atoms with Crippen molar-refractivity contribution in [1.82, 2.24) is 4.31 Å². The molecular formula is C8H16ClNO3S. The fourth-order valence-electron chi connectivity index (χ4n) is 1.40. The quantitative estimate of drug-likeness (QED) is 0.683. The van der Waals surface area contributed by atoms with Crippen LogP contribution in [0.1, 0.15) is 13.8 Å². The summed E-state index contributed by atoms with van der Waals surface area (Å²) in [7, 11) is -3.24. The third-order valence-corrected chi connectivity index (χ3v) is 5.39. The van der Waals surface area contributed by atoms with E-state index in [1.54, 1.807) is 6.92 Å². The number of alkyl halides is 1. The summed E-state index contributed by atoms with van der Waals surface area (Å²) in [6.45, 7) is 4.85. The Labute approximate surface area is 90.2 Å². The van der Waals surface area contributed by atoms with Crippen molar-refractivity contribution in [1.29, 1.82) is 0 Å². The van der Waals surface area contributed by atoms with Crippen LogP contribution in [0.5, 0.6) is 0 Å². The van der Waals surface area contributed by atoms with E-state index >= 15 is 0 Å². The summed E-state index contributed by atoms with van der Waals surface area (Å²) in [4.78, 5) is 0. The Morgan fingerprint density at radius 3 is 2.79 bits per heavy atom. The highest BCUT2D eigenvalue weighted by molar-refractivity contribution is 7.89. The highest BCUT2D eigenvalue weighted by Gasteiger charge is 2.33. The van der Waals surface area contributed by atoms with Crippen LogP contribution < -0.4 is 0 Å². The lowest BCUT2D eigenvalue weighted by Crippen LogP contribution is -2.50. The molecule has 0 bridgehead atoms. The number of ether oxygens (including phenoxy) is 1. The van der Waals surface area contributed by atoms with Crippen LogP contribution in [-0.4, -0.2) is 49.7 Å². The van der Waals surface area contributed by atoms with Crippen LogP contribution in [0.2, 0.25) is 0 Å². The minimum Gasteiger partial charge on any atom is -0.378 e. The Kier molecular flexibility index (Phi) is 4.18. The van der Waals surface area contributed by atoms with E-state index in [1.165, 1.54) is 4.31 Å². The Morgan fingerprint density at radius 1 is 1.64 bits per heavy atom. The van der Waals surface area contributed by atoms with Gasteiger partial charge in [0.2, 0.25) is 10.0 Å². The first-order chi connectivity index (χ1) is 6.50. The molecule has 4 nitrogen and oxygen atoms in total. The maximum atomic E-state index is 11.9. The number of hydrogen-bond acceptors (Lipinski definition) is 3. The molecule has 1 aliphatic heterocycles. The lowest BCUT2D eigenvalue weighted by Gasteiger charge is -2.33. The number of nitrogens with zero attached hydrogens (tertiary/aromatic N) is 1. The number of morpholine rings is 1. The van der Waals surface area contributed by atoms with Gasteiger partial charge in [-0.25, -0.2) is 8.42 Å². The molecule has 1 fully saturated rings. The summed E-state index contributed by atoms with van der Waals surface area (Å²) >= 11 is 5.57. The van der Waals surface area contributed by atoms with Crippen molar-refractivity contribution in [2.45, 2.75) is 25.1 Å². The van der Waals surface area contributed by atoms with Crippen molar-refractivity contribution < 1.29 is 13.2 Å². The third-order valence-electron chi connectivity index (χ3n) is 2.36. The number of sulfonamides is 1. The smallest absolute Gasteiger partial charge is 0.218 e. The van der Waals surface area contributed by atoms with Crippen LogP contribution in [0.25, 0.3) is 0 Å². The third kappa shape index (κ3) is 2.39. The van der Waals surface area contributed by atoms with Crippen molar-refractivity contribution >= 4 is 21.6 Å². The minimum atomic E-state index is -3.24. The molecule has 0 radical (unpaired) electrons. The molecule has 0 aromatic heterocycles. The first-order valence-corrected chi connectivity index (χ1v) is 6.68. The van der Waals surface area contributed by atoms with E-state index < -0.39 is 15.3 Å². The molecule has 1 rings (SSSR count). The Morgan fingerprint density at radius 2 is 2.29 bits per heavy atom. The van der Waals surface area contributed by atoms with Gasteiger partial charge in [-0.3, -0.25) is 0 Å². The second-order valence-electron chi connectivity index (χ2n) is 3.54. The van der Waals surface area contributed by atoms with E-state index in [2.05, 4.69) is 0 Å². The summed E-state index contributed by atoms with van der Waals surface area (Å²) in [5.74, 6) is 0.131. The molecule has 0 aliphatic carbocycles. The van der Waals surface area contributed by atoms with Gasteiger partial charge in [0.15, 0.2) is 0 Å². The molecule has 0 aromatic rings. The molecule has 0 N–H and O–H groups in total. The standard InChI is InChI=1S/C8H16ClNO3S/c1-7-6-13-4-3-10(7)14(11,12)8(2)5-9/h7-8H,3-6H2,1-2H3. The van der Waals surface area contributed by atoms with E-state index in [4.69, 9.17) is 16.3 Å². The van der Waals surface area contributed by atoms with E-state index in [-0.39, 0.29) is 11.9 Å². The van der Waals surface area contributed by atoms with E-state index in [1.807, 2.05) is 6.92 Å². The van der Waals surface area contributed by atoms with Crippen LogP contribution >= 0.6 is 11.6 Å². The van der Waals surface area contributed by atoms with Crippen LogP contribution in [0.4, 0.5) is 0 Å². The first-order valence-electron chi connectivity index (χ1n) is 4.64. The average Bonchev–Trinajstić information content (AvgIpc) is 2.17. The Bertz CT molecular complexity index is 280. The molecule has 0 aromatic carbocycles. The topological polar surface area (TPSA) is 46.6 Å². The van der Waals surface area contributed by atoms with Gasteiger partial charge in [-0.15, -0.1) is 11.6 Å². The zero-order chi connectivity index (χ0) is 10.8. The fraction of sp³-hybridized carbons (Fsp3) is 1.00. The van der Waals surface area contributed by atoms with Gasteiger partial charge >= 0.3 is 0 Å². The second kappa shape index (κ2) is 4.79. The van der Waals surface area contributed by atoms with Gasteiger partial charge in [0.1, 0.15) is 0 Å². The fourth-order valence-corrected chi connectivity index (χ4v) is 3.39. The predicted molar refractivity (Wildman–Crippen MR) is 56.1 cm³/mol. The molecule has 0 spiro atoms. The molecule has 0 saturated carbocycles. The van der Waals surface area contributed by atoms with Crippen LogP contribution in [0, 0.1) is 0 Å². The zero-order valence-corrected chi connectivity index (χ0v) is 10.0. The van der Waals surface area contributed by atoms with Crippen molar-refractivity contribution in [3.63, 3.8) is 0 Å². The first kappa shape index (κ1) is 12.2. The molecule has 6 heteroatoms. The van der Waals surface area contributed by atoms with Gasteiger partial charge in [0, 0.05) is 18.5 Å². The van der Waals surface area contributed by atoms with Crippen molar-refractivity contribution in [2.24, 2.45) is 0 Å². The predicted octanol–water partition coefficient (Wildman–Crippen LogP) is 0.664. The SMILES string of the molecule is CC1COCCN1S(=O)(=O)C(C)CCl. The highest BCUT2D eigenvalue weighted by Crippen LogP contribution is 2.16. The van der Waals surface area contributed by atoms with Gasteiger partial charge < -0.3 is 4.74 Å². The van der Waals surface area contributed by atoms with Crippen LogP contribution in [-0.2, 0) is 14.8 Å². The van der Waals surface area contributed by atoms with Gasteiger partial charge in [-0.05, 0) is 13.8 Å². The Balaban J connectivity index is 2.80. The lowest BCUT2D eigenvalue weighted by molar-refractivity contribution is 0.0390. The summed E-state index contributed by atoms with van der Waals surface area (Å²) < 4.78 is 30.5. The summed E-state index contributed by atoms with van der Waals surface area (Å²) in [5.41, 5.74) is 0. The second-order valence-corrected chi connectivity index (χ2v) is 6.16. The number of halogens is 1. The van der Waals surface area contributed by atoms with E-state index in [9.17, 15) is 8.42 Å². The van der Waals surface area contributed by atoms with E-state index in [0.717, 1.165) is 0 Å². The molecule has 1 heterocycles. The number of rotatable bonds is 3. The molecule has 14 heavy (non-hydrogen) atoms. The van der Waals surface area contributed by atoms with Crippen molar-refractivity contribution in [3.8, 4) is 0 Å². The number of hydrogen-bond donors (Lipinski definition) is 0. The lowest BCUT2D eigenvalue weighted by atomic mass is 10.3. The molecule has 0 amide bonds. The van der Waals surface area contributed by atoms with Gasteiger partial charge in [-0.1, -0.05) is 0 Å². The van der Waals surface area contributed by atoms with Crippen molar-refractivity contribution in [2.75, 3.05) is 25.6 Å². The normalized spacial score (nSPS) is 27.5. The van der Waals surface area contributed by atoms with Gasteiger partial charge in [-0.2, -0.15) is 4.31 Å². The summed E-state index contributed by atoms with van der Waals surface area (Å²) in [6, 6.07) is -0.0839. The summed E-state index contributed by atoms with van der Waals surface area (Å²) in [5, 5.41) is -0.523.